The minimum atomic E-state index is -5.08. The lowest BCUT2D eigenvalue weighted by molar-refractivity contribution is -0.193. The van der Waals surface area contributed by atoms with Crippen molar-refractivity contribution in [3.05, 3.63) is 66.1 Å². The van der Waals surface area contributed by atoms with Crippen LogP contribution in [0.15, 0.2) is 55.0 Å². The van der Waals surface area contributed by atoms with E-state index < -0.39 is 24.3 Å². The molecule has 2 aromatic heterocycles. The summed E-state index contributed by atoms with van der Waals surface area (Å²) in [4.78, 5) is 27.1. The van der Waals surface area contributed by atoms with Gasteiger partial charge in [-0.1, -0.05) is 18.2 Å². The van der Waals surface area contributed by atoms with Crippen LogP contribution in [0.2, 0.25) is 0 Å². The van der Waals surface area contributed by atoms with Gasteiger partial charge in [0, 0.05) is 62.5 Å². The van der Waals surface area contributed by atoms with Crippen LogP contribution in [0.1, 0.15) is 36.8 Å². The number of carboxylic acids is 2. The lowest BCUT2D eigenvalue weighted by Crippen LogP contribution is -2.47. The van der Waals surface area contributed by atoms with Crippen LogP contribution in [0.5, 0.6) is 5.75 Å². The molecule has 1 aromatic carbocycles. The van der Waals surface area contributed by atoms with Gasteiger partial charge in [0.1, 0.15) is 11.4 Å². The van der Waals surface area contributed by atoms with E-state index in [-0.39, 0.29) is 5.60 Å². The maximum atomic E-state index is 10.6. The van der Waals surface area contributed by atoms with E-state index >= 15 is 0 Å². The average Bonchev–Trinajstić information content (AvgIpc) is 3.69. The molecule has 0 saturated carbocycles. The van der Waals surface area contributed by atoms with Gasteiger partial charge in [0.05, 0.1) is 18.4 Å². The molecule has 250 valence electrons. The molecule has 0 amide bonds. The van der Waals surface area contributed by atoms with Gasteiger partial charge in [-0.05, 0) is 49.7 Å². The first kappa shape index (κ1) is 34.7. The highest BCUT2D eigenvalue weighted by Crippen LogP contribution is 2.49. The summed E-state index contributed by atoms with van der Waals surface area (Å²) in [6.45, 7) is 7.42. The number of para-hydroxylation sites is 1. The van der Waals surface area contributed by atoms with Crippen LogP contribution in [-0.4, -0.2) is 91.8 Å². The second-order valence-corrected chi connectivity index (χ2v) is 11.0. The second kappa shape index (κ2) is 14.5. The van der Waals surface area contributed by atoms with E-state index in [0.717, 1.165) is 51.3 Å². The molecule has 0 bridgehead atoms. The fraction of sp³-hybridized carbons (Fsp3) is 0.467. The van der Waals surface area contributed by atoms with Crippen molar-refractivity contribution in [1.29, 1.82) is 0 Å². The van der Waals surface area contributed by atoms with Gasteiger partial charge in [0.2, 0.25) is 0 Å². The molecule has 5 heterocycles. The van der Waals surface area contributed by atoms with Gasteiger partial charge < -0.3 is 19.8 Å². The van der Waals surface area contributed by atoms with Crippen molar-refractivity contribution < 1.29 is 50.9 Å². The lowest BCUT2D eigenvalue weighted by Gasteiger charge is -2.44. The summed E-state index contributed by atoms with van der Waals surface area (Å²) in [6, 6.07) is 12.7. The smallest absolute Gasteiger partial charge is 0.482 e. The predicted molar refractivity (Wildman–Crippen MR) is 152 cm³/mol. The third-order valence-corrected chi connectivity index (χ3v) is 7.88. The largest absolute Gasteiger partial charge is 0.490 e. The standard InChI is InChI=1S/C26H31N5O.2C2HF3O2/c1-2-8-24-22(7-1)25-23(19-28-31(25)17-16-29-12-3-4-13-29)26(32-24)9-14-30(15-10-26)20-21-6-5-11-27-18-21;2*3-2(4,5)1(6)7/h1-2,5-8,11,18-19H,3-4,9-10,12-17,20H2;2*(H,6,7). The molecule has 46 heavy (non-hydrogen) atoms. The maximum Gasteiger partial charge on any atom is 0.490 e. The van der Waals surface area contributed by atoms with E-state index in [2.05, 4.69) is 56.0 Å². The van der Waals surface area contributed by atoms with Crippen molar-refractivity contribution in [2.75, 3.05) is 32.7 Å². The van der Waals surface area contributed by atoms with Crippen LogP contribution in [0.3, 0.4) is 0 Å². The van der Waals surface area contributed by atoms with Crippen LogP contribution in [0.4, 0.5) is 26.3 Å². The quantitative estimate of drug-likeness (QED) is 0.357. The number of aromatic nitrogens is 3. The molecule has 0 atom stereocenters. The van der Waals surface area contributed by atoms with Crippen LogP contribution < -0.4 is 4.74 Å². The van der Waals surface area contributed by atoms with Crippen molar-refractivity contribution in [2.24, 2.45) is 0 Å². The Balaban J connectivity index is 0.000000289. The SMILES string of the molecule is O=C(O)C(F)(F)F.O=C(O)C(F)(F)F.c1cncc(CN2CCC3(CC2)Oc2ccccc2-c2c3cnn2CCN2CCCC2)c1. The fourth-order valence-electron chi connectivity index (χ4n) is 5.63. The molecule has 6 rings (SSSR count). The Morgan fingerprint density at radius 3 is 2.00 bits per heavy atom. The number of rotatable bonds is 5. The zero-order chi connectivity index (χ0) is 33.5. The summed E-state index contributed by atoms with van der Waals surface area (Å²) in [5.74, 6) is -4.51. The number of fused-ring (bicyclic) bond motifs is 4. The Bertz CT molecular complexity index is 1440. The van der Waals surface area contributed by atoms with E-state index in [1.165, 1.54) is 48.3 Å². The molecule has 0 aliphatic carbocycles. The summed E-state index contributed by atoms with van der Waals surface area (Å²) < 4.78 is 72.5. The van der Waals surface area contributed by atoms with E-state index in [4.69, 9.17) is 29.6 Å². The van der Waals surface area contributed by atoms with Gasteiger partial charge >= 0.3 is 24.3 Å². The monoisotopic (exact) mass is 657 g/mol. The zero-order valence-corrected chi connectivity index (χ0v) is 24.6. The average molecular weight is 658 g/mol. The lowest BCUT2D eigenvalue weighted by atomic mass is 9.81. The van der Waals surface area contributed by atoms with Crippen LogP contribution in [0, 0.1) is 0 Å². The first-order chi connectivity index (χ1) is 21.7. The van der Waals surface area contributed by atoms with E-state index in [1.807, 2.05) is 18.5 Å². The highest BCUT2D eigenvalue weighted by Gasteiger charge is 2.45. The summed E-state index contributed by atoms with van der Waals surface area (Å²) in [6.07, 6.45) is 0.342. The van der Waals surface area contributed by atoms with Gasteiger partial charge in [0.25, 0.3) is 0 Å². The number of likely N-dealkylation sites (tertiary alicyclic amines) is 2. The summed E-state index contributed by atoms with van der Waals surface area (Å²) in [5.41, 5.74) is 4.73. The van der Waals surface area contributed by atoms with Crippen LogP contribution in [0.25, 0.3) is 11.3 Å². The zero-order valence-electron chi connectivity index (χ0n) is 24.6. The minimum absolute atomic E-state index is 0.277. The number of aliphatic carboxylic acids is 2. The van der Waals surface area contributed by atoms with Gasteiger partial charge in [-0.3, -0.25) is 14.6 Å². The second-order valence-electron chi connectivity index (χ2n) is 11.0. The molecule has 2 N–H and O–H groups in total. The van der Waals surface area contributed by atoms with Crippen molar-refractivity contribution in [3.8, 4) is 17.0 Å². The molecule has 1 spiro atoms. The molecule has 16 heteroatoms. The van der Waals surface area contributed by atoms with Crippen molar-refractivity contribution in [1.82, 2.24) is 24.6 Å². The van der Waals surface area contributed by atoms with E-state index in [0.29, 0.717) is 0 Å². The number of carboxylic acid groups (broad SMARTS) is 2. The Morgan fingerprint density at radius 2 is 1.43 bits per heavy atom. The molecule has 2 fully saturated rings. The van der Waals surface area contributed by atoms with Gasteiger partial charge in [-0.25, -0.2) is 9.59 Å². The number of piperidine rings is 1. The Labute approximate surface area is 260 Å². The Kier molecular flexibility index (Phi) is 10.9. The number of alkyl halides is 6. The normalized spacial score (nSPS) is 17.4. The number of halogens is 6. The Hall–Kier alpha value is -4.18. The third kappa shape index (κ3) is 8.75. The number of hydrogen-bond acceptors (Lipinski definition) is 7. The summed E-state index contributed by atoms with van der Waals surface area (Å²) >= 11 is 0. The molecule has 0 radical (unpaired) electrons. The highest BCUT2D eigenvalue weighted by molar-refractivity contribution is 5.74. The molecule has 0 unspecified atom stereocenters. The molecule has 10 nitrogen and oxygen atoms in total. The first-order valence-corrected chi connectivity index (χ1v) is 14.5. The van der Waals surface area contributed by atoms with Crippen molar-refractivity contribution in [2.45, 2.75) is 56.7 Å². The van der Waals surface area contributed by atoms with Crippen LogP contribution in [-0.2, 0) is 28.3 Å². The molecule has 3 aliphatic rings. The first-order valence-electron chi connectivity index (χ1n) is 14.5. The van der Waals surface area contributed by atoms with Gasteiger partial charge in [-0.15, -0.1) is 0 Å². The maximum absolute atomic E-state index is 10.6. The van der Waals surface area contributed by atoms with Crippen molar-refractivity contribution in [3.63, 3.8) is 0 Å². The van der Waals surface area contributed by atoms with E-state index in [1.54, 1.807) is 0 Å². The third-order valence-electron chi connectivity index (χ3n) is 7.88. The number of ether oxygens (including phenoxy) is 1. The number of hydrogen-bond donors (Lipinski definition) is 2. The summed E-state index contributed by atoms with van der Waals surface area (Å²) in [5, 5.41) is 19.1. The number of nitrogens with zero attached hydrogens (tertiary/aromatic N) is 5. The summed E-state index contributed by atoms with van der Waals surface area (Å²) in [7, 11) is 0. The highest BCUT2D eigenvalue weighted by atomic mass is 19.4. The molecule has 3 aromatic rings. The Morgan fingerprint density at radius 1 is 0.826 bits per heavy atom. The number of carbonyl (C=O) groups is 2. The van der Waals surface area contributed by atoms with Crippen molar-refractivity contribution >= 4 is 11.9 Å². The fourth-order valence-corrected chi connectivity index (χ4v) is 5.63. The number of pyridine rings is 1. The number of benzene rings is 1. The molecular formula is C30H33F6N5O5. The molecule has 3 aliphatic heterocycles. The van der Waals surface area contributed by atoms with Gasteiger partial charge in [0.15, 0.2) is 0 Å². The minimum Gasteiger partial charge on any atom is -0.482 e. The topological polar surface area (TPSA) is 121 Å². The molecule has 2 saturated heterocycles. The molecular weight excluding hydrogens is 624 g/mol. The van der Waals surface area contributed by atoms with Gasteiger partial charge in [-0.2, -0.15) is 31.4 Å². The van der Waals surface area contributed by atoms with Crippen LogP contribution >= 0.6 is 0 Å². The predicted octanol–water partition coefficient (Wildman–Crippen LogP) is 5.19. The van der Waals surface area contributed by atoms with E-state index in [9.17, 15) is 26.3 Å².